The van der Waals surface area contributed by atoms with Crippen molar-refractivity contribution in [1.82, 2.24) is 9.88 Å². The van der Waals surface area contributed by atoms with E-state index in [1.54, 1.807) is 11.8 Å². The summed E-state index contributed by atoms with van der Waals surface area (Å²) in [5, 5.41) is 0.0144. The molecule has 1 aromatic heterocycles. The van der Waals surface area contributed by atoms with E-state index in [4.69, 9.17) is 5.73 Å². The minimum atomic E-state index is -0.312. The lowest BCUT2D eigenvalue weighted by Gasteiger charge is -2.21. The van der Waals surface area contributed by atoms with Crippen LogP contribution in [0.4, 0.5) is 10.1 Å². The van der Waals surface area contributed by atoms with E-state index in [0.29, 0.717) is 17.4 Å². The lowest BCUT2D eigenvalue weighted by molar-refractivity contribution is 0.274. The van der Waals surface area contributed by atoms with Crippen LogP contribution in [0.1, 0.15) is 18.0 Å². The number of pyridine rings is 1. The van der Waals surface area contributed by atoms with Gasteiger partial charge in [0.2, 0.25) is 0 Å². The highest BCUT2D eigenvalue weighted by atomic mass is 32.2. The van der Waals surface area contributed by atoms with Gasteiger partial charge in [0.1, 0.15) is 16.9 Å². The van der Waals surface area contributed by atoms with Crippen LogP contribution < -0.4 is 5.73 Å². The van der Waals surface area contributed by atoms with Crippen molar-refractivity contribution in [2.24, 2.45) is 0 Å². The molecule has 3 nitrogen and oxygen atoms in total. The number of thioether (sulfide) groups is 1. The first-order valence-corrected chi connectivity index (χ1v) is 5.89. The fraction of sp³-hybridized carbons (Fsp3) is 0.500. The largest absolute Gasteiger partial charge is 0.397 e. The maximum absolute atomic E-state index is 13.6. The van der Waals surface area contributed by atoms with E-state index in [0.717, 1.165) is 5.75 Å². The third kappa shape index (κ3) is 1.94. The Labute approximate surface area is 92.9 Å². The van der Waals surface area contributed by atoms with Crippen molar-refractivity contribution < 1.29 is 4.39 Å². The van der Waals surface area contributed by atoms with Crippen LogP contribution in [0.2, 0.25) is 0 Å². The highest BCUT2D eigenvalue weighted by molar-refractivity contribution is 7.99. The number of halogens is 1. The fourth-order valence-electron chi connectivity index (χ4n) is 1.61. The van der Waals surface area contributed by atoms with Crippen LogP contribution in [-0.2, 0) is 0 Å². The first-order valence-electron chi connectivity index (χ1n) is 4.84. The van der Waals surface area contributed by atoms with Crippen molar-refractivity contribution in [2.45, 2.75) is 18.3 Å². The number of aromatic nitrogens is 1. The number of nitrogens with zero attached hydrogens (tertiary/aromatic N) is 2. The van der Waals surface area contributed by atoms with Crippen molar-refractivity contribution in [3.8, 4) is 0 Å². The van der Waals surface area contributed by atoms with Gasteiger partial charge in [-0.1, -0.05) is 0 Å². The Morgan fingerprint density at radius 1 is 1.67 bits per heavy atom. The summed E-state index contributed by atoms with van der Waals surface area (Å²) in [5.74, 6) is 0.695. The Balaban J connectivity index is 2.30. The number of anilines is 1. The van der Waals surface area contributed by atoms with Gasteiger partial charge in [0, 0.05) is 17.9 Å². The molecule has 82 valence electrons. The maximum atomic E-state index is 13.6. The number of hydrogen-bond donors (Lipinski definition) is 1. The summed E-state index contributed by atoms with van der Waals surface area (Å²) in [6.07, 6.45) is 1.51. The summed E-state index contributed by atoms with van der Waals surface area (Å²) >= 11 is 1.71. The summed E-state index contributed by atoms with van der Waals surface area (Å²) in [5.41, 5.74) is 6.32. The average Bonchev–Trinajstić information content (AvgIpc) is 2.49. The van der Waals surface area contributed by atoms with Crippen molar-refractivity contribution in [3.63, 3.8) is 0 Å². The summed E-state index contributed by atoms with van der Waals surface area (Å²) in [6.45, 7) is 2.13. The summed E-state index contributed by atoms with van der Waals surface area (Å²) in [4.78, 5) is 6.21. The summed E-state index contributed by atoms with van der Waals surface area (Å²) < 4.78 is 13.6. The maximum Gasteiger partial charge on any atom is 0.149 e. The molecule has 2 rings (SSSR count). The smallest absolute Gasteiger partial charge is 0.149 e. The van der Waals surface area contributed by atoms with Crippen molar-refractivity contribution in [3.05, 3.63) is 23.8 Å². The van der Waals surface area contributed by atoms with Crippen LogP contribution in [0, 0.1) is 5.82 Å². The molecule has 15 heavy (non-hydrogen) atoms. The van der Waals surface area contributed by atoms with Gasteiger partial charge in [-0.05, 0) is 14.0 Å². The third-order valence-electron chi connectivity index (χ3n) is 2.69. The molecule has 0 bridgehead atoms. The predicted molar refractivity (Wildman–Crippen MR) is 61.0 cm³/mol. The van der Waals surface area contributed by atoms with Gasteiger partial charge in [-0.25, -0.2) is 4.39 Å². The lowest BCUT2D eigenvalue weighted by atomic mass is 10.2. The molecule has 0 radical (unpaired) electrons. The third-order valence-corrected chi connectivity index (χ3v) is 4.23. The Hall–Kier alpha value is -0.810. The molecule has 2 N–H and O–H groups in total. The van der Waals surface area contributed by atoms with E-state index < -0.39 is 0 Å². The van der Waals surface area contributed by atoms with Gasteiger partial charge < -0.3 is 5.73 Å². The number of nitrogen functional groups attached to an aromatic ring is 1. The Morgan fingerprint density at radius 2 is 2.40 bits per heavy atom. The zero-order valence-corrected chi connectivity index (χ0v) is 9.59. The number of rotatable bonds is 1. The monoisotopic (exact) mass is 227 g/mol. The van der Waals surface area contributed by atoms with Crippen molar-refractivity contribution >= 4 is 17.4 Å². The van der Waals surface area contributed by atoms with Gasteiger partial charge in [0.25, 0.3) is 0 Å². The van der Waals surface area contributed by atoms with E-state index in [9.17, 15) is 4.39 Å². The van der Waals surface area contributed by atoms with E-state index in [-0.39, 0.29) is 11.2 Å². The van der Waals surface area contributed by atoms with Crippen LogP contribution in [-0.4, -0.2) is 28.7 Å². The first-order chi connectivity index (χ1) is 7.09. The molecule has 1 fully saturated rings. The average molecular weight is 227 g/mol. The van der Waals surface area contributed by atoms with Gasteiger partial charge in [-0.15, -0.1) is 11.8 Å². The zero-order valence-electron chi connectivity index (χ0n) is 8.77. The van der Waals surface area contributed by atoms with Gasteiger partial charge >= 0.3 is 0 Å². The van der Waals surface area contributed by atoms with Crippen LogP contribution in [0.3, 0.4) is 0 Å². The summed E-state index contributed by atoms with van der Waals surface area (Å²) in [6, 6.07) is 1.79. The highest BCUT2D eigenvalue weighted by Gasteiger charge is 2.31. The first kappa shape index (κ1) is 10.7. The number of nitrogens with two attached hydrogens (primary N) is 1. The topological polar surface area (TPSA) is 42.1 Å². The molecule has 2 unspecified atom stereocenters. The lowest BCUT2D eigenvalue weighted by Crippen LogP contribution is -2.26. The van der Waals surface area contributed by atoms with Crippen molar-refractivity contribution in [2.75, 3.05) is 18.5 Å². The van der Waals surface area contributed by atoms with E-state index in [1.807, 2.05) is 7.05 Å². The molecular weight excluding hydrogens is 213 g/mol. The minimum absolute atomic E-state index is 0.0144. The molecule has 0 aliphatic carbocycles. The van der Waals surface area contributed by atoms with Crippen molar-refractivity contribution in [1.29, 1.82) is 0 Å². The SMILES string of the molecule is CC1CSC(c2ncc(N)cc2F)N1C. The van der Waals surface area contributed by atoms with Crippen LogP contribution >= 0.6 is 11.8 Å². The van der Waals surface area contributed by atoms with Gasteiger partial charge in [0.15, 0.2) is 0 Å². The second-order valence-corrected chi connectivity index (χ2v) is 4.95. The molecule has 0 amide bonds. The standard InChI is InChI=1S/C10H14FN3S/c1-6-5-15-10(14(6)2)9-8(11)3-7(12)4-13-9/h3-4,6,10H,5,12H2,1-2H3. The molecule has 1 saturated heterocycles. The second-order valence-electron chi connectivity index (χ2n) is 3.84. The van der Waals surface area contributed by atoms with Crippen LogP contribution in [0.5, 0.6) is 0 Å². The molecule has 0 saturated carbocycles. The van der Waals surface area contributed by atoms with E-state index >= 15 is 0 Å². The molecule has 2 atom stereocenters. The quantitative estimate of drug-likeness (QED) is 0.795. The fourth-order valence-corrected chi connectivity index (χ4v) is 3.08. The van der Waals surface area contributed by atoms with Gasteiger partial charge in [0.05, 0.1) is 11.9 Å². The number of hydrogen-bond acceptors (Lipinski definition) is 4. The molecule has 0 aromatic carbocycles. The van der Waals surface area contributed by atoms with E-state index in [2.05, 4.69) is 16.8 Å². The van der Waals surface area contributed by atoms with E-state index in [1.165, 1.54) is 12.3 Å². The van der Waals surface area contributed by atoms with Crippen LogP contribution in [0.15, 0.2) is 12.3 Å². The molecule has 1 aromatic rings. The molecule has 0 spiro atoms. The molecular formula is C10H14FN3S. The Bertz CT molecular complexity index is 372. The zero-order chi connectivity index (χ0) is 11.0. The normalized spacial score (nSPS) is 27.1. The Kier molecular flexibility index (Phi) is 2.84. The molecule has 2 heterocycles. The summed E-state index contributed by atoms with van der Waals surface area (Å²) in [7, 11) is 1.99. The Morgan fingerprint density at radius 3 is 2.93 bits per heavy atom. The van der Waals surface area contributed by atoms with Crippen LogP contribution in [0.25, 0.3) is 0 Å². The highest BCUT2D eigenvalue weighted by Crippen LogP contribution is 2.39. The molecule has 1 aliphatic rings. The van der Waals surface area contributed by atoms with Gasteiger partial charge in [-0.2, -0.15) is 0 Å². The minimum Gasteiger partial charge on any atom is -0.397 e. The second kappa shape index (κ2) is 3.98. The molecule has 1 aliphatic heterocycles. The van der Waals surface area contributed by atoms with Gasteiger partial charge in [-0.3, -0.25) is 9.88 Å². The predicted octanol–water partition coefficient (Wildman–Crippen LogP) is 1.87. The molecule has 5 heteroatoms.